The molecular formula is C15H22N2O6. The molecule has 5 N–H and O–H groups in total. The normalized spacial score (nSPS) is 30.8. The number of nitrogens with one attached hydrogen (secondary N) is 1. The number of benzene rings is 1. The van der Waals surface area contributed by atoms with Crippen molar-refractivity contribution in [1.29, 1.82) is 0 Å². The molecule has 1 saturated heterocycles. The highest BCUT2D eigenvalue weighted by Gasteiger charge is 2.44. The highest BCUT2D eigenvalue weighted by atomic mass is 16.6. The molecule has 1 heterocycles. The Morgan fingerprint density at radius 1 is 1.17 bits per heavy atom. The van der Waals surface area contributed by atoms with Crippen molar-refractivity contribution >= 4 is 11.6 Å². The van der Waals surface area contributed by atoms with Crippen molar-refractivity contribution in [2.75, 3.05) is 25.6 Å². The van der Waals surface area contributed by atoms with E-state index in [1.807, 2.05) is 19.0 Å². The minimum Gasteiger partial charge on any atom is -0.394 e. The number of aliphatic hydroxyl groups excluding tert-OH is 4. The third-order valence-corrected chi connectivity index (χ3v) is 3.84. The molecule has 0 aliphatic carbocycles. The molecule has 0 saturated carbocycles. The van der Waals surface area contributed by atoms with E-state index in [4.69, 9.17) is 9.84 Å². The standard InChI is InChI=1S/C15H22N2O6/c1-17(2)9-5-3-8(4-6-9)14(21)16-11-13(20)12(19)10(7-18)23-15(11)22/h3-6,10-13,15,18-20,22H,7H2,1-2H3,(H,16,21)/t10-,11-,12-,13-,15?/m1/s1. The summed E-state index contributed by atoms with van der Waals surface area (Å²) in [5.74, 6) is -0.517. The van der Waals surface area contributed by atoms with Crippen LogP contribution in [0.3, 0.4) is 0 Å². The zero-order chi connectivity index (χ0) is 17.1. The molecule has 5 atom stereocenters. The molecule has 8 heteroatoms. The zero-order valence-corrected chi connectivity index (χ0v) is 13.0. The Balaban J connectivity index is 2.07. The predicted octanol–water partition coefficient (Wildman–Crippen LogP) is -1.72. The zero-order valence-electron chi connectivity index (χ0n) is 13.0. The molecule has 1 aromatic carbocycles. The highest BCUT2D eigenvalue weighted by molar-refractivity contribution is 5.94. The number of amides is 1. The minimum atomic E-state index is -1.53. The SMILES string of the molecule is CN(C)c1ccc(C(=O)N[C@H]2C(O)O[C@H](CO)[C@@H](O)[C@@H]2O)cc1. The summed E-state index contributed by atoms with van der Waals surface area (Å²) in [6.45, 7) is -0.554. The lowest BCUT2D eigenvalue weighted by Crippen LogP contribution is -2.64. The second kappa shape index (κ2) is 7.24. The van der Waals surface area contributed by atoms with E-state index < -0.39 is 43.2 Å². The monoisotopic (exact) mass is 326 g/mol. The molecule has 1 aliphatic heterocycles. The lowest BCUT2D eigenvalue weighted by Gasteiger charge is -2.40. The first kappa shape index (κ1) is 17.6. The Morgan fingerprint density at radius 2 is 1.78 bits per heavy atom. The number of ether oxygens (including phenoxy) is 1. The summed E-state index contributed by atoms with van der Waals surface area (Å²) < 4.78 is 4.99. The minimum absolute atomic E-state index is 0.341. The first-order chi connectivity index (χ1) is 10.8. The molecule has 0 spiro atoms. The smallest absolute Gasteiger partial charge is 0.251 e. The summed E-state index contributed by atoms with van der Waals surface area (Å²) >= 11 is 0. The largest absolute Gasteiger partial charge is 0.394 e. The van der Waals surface area contributed by atoms with Gasteiger partial charge in [0.05, 0.1) is 6.61 Å². The number of aliphatic hydroxyl groups is 4. The molecule has 2 rings (SSSR count). The number of carbonyl (C=O) groups is 1. The first-order valence-corrected chi connectivity index (χ1v) is 7.24. The van der Waals surface area contributed by atoms with Crippen LogP contribution < -0.4 is 10.2 Å². The fourth-order valence-electron chi connectivity index (χ4n) is 2.40. The Kier molecular flexibility index (Phi) is 5.55. The van der Waals surface area contributed by atoms with Crippen molar-refractivity contribution in [3.63, 3.8) is 0 Å². The number of carbonyl (C=O) groups excluding carboxylic acids is 1. The molecule has 1 fully saturated rings. The molecule has 1 aliphatic rings. The van der Waals surface area contributed by atoms with E-state index in [0.29, 0.717) is 5.56 Å². The maximum Gasteiger partial charge on any atom is 0.251 e. The lowest BCUT2D eigenvalue weighted by atomic mass is 9.97. The van der Waals surface area contributed by atoms with Crippen LogP contribution in [0.2, 0.25) is 0 Å². The van der Waals surface area contributed by atoms with Gasteiger partial charge in [0.15, 0.2) is 6.29 Å². The van der Waals surface area contributed by atoms with E-state index in [1.54, 1.807) is 24.3 Å². The summed E-state index contributed by atoms with van der Waals surface area (Å²) in [6.07, 6.45) is -5.51. The second-order valence-corrected chi connectivity index (χ2v) is 5.67. The molecular weight excluding hydrogens is 304 g/mol. The number of hydrogen-bond acceptors (Lipinski definition) is 7. The number of nitrogens with zero attached hydrogens (tertiary/aromatic N) is 1. The third-order valence-electron chi connectivity index (χ3n) is 3.84. The van der Waals surface area contributed by atoms with E-state index in [9.17, 15) is 20.1 Å². The van der Waals surface area contributed by atoms with Crippen molar-refractivity contribution < 1.29 is 30.0 Å². The average molecular weight is 326 g/mol. The molecule has 0 radical (unpaired) electrons. The fourth-order valence-corrected chi connectivity index (χ4v) is 2.40. The van der Waals surface area contributed by atoms with Crippen LogP contribution in [0.5, 0.6) is 0 Å². The van der Waals surface area contributed by atoms with Gasteiger partial charge in [-0.15, -0.1) is 0 Å². The van der Waals surface area contributed by atoms with Crippen molar-refractivity contribution in [2.24, 2.45) is 0 Å². The van der Waals surface area contributed by atoms with Crippen LogP contribution in [0.25, 0.3) is 0 Å². The van der Waals surface area contributed by atoms with Crippen LogP contribution >= 0.6 is 0 Å². The Bertz CT molecular complexity index is 535. The van der Waals surface area contributed by atoms with Gasteiger partial charge in [0.25, 0.3) is 5.91 Å². The van der Waals surface area contributed by atoms with Crippen LogP contribution in [0.4, 0.5) is 5.69 Å². The van der Waals surface area contributed by atoms with E-state index in [1.165, 1.54) is 0 Å². The Labute approximate surface area is 133 Å². The molecule has 23 heavy (non-hydrogen) atoms. The summed E-state index contributed by atoms with van der Waals surface area (Å²) in [5.41, 5.74) is 1.26. The maximum absolute atomic E-state index is 12.2. The van der Waals surface area contributed by atoms with Gasteiger partial charge in [-0.2, -0.15) is 0 Å². The fraction of sp³-hybridized carbons (Fsp3) is 0.533. The van der Waals surface area contributed by atoms with E-state index >= 15 is 0 Å². The summed E-state index contributed by atoms with van der Waals surface area (Å²) in [7, 11) is 3.75. The molecule has 128 valence electrons. The molecule has 1 amide bonds. The van der Waals surface area contributed by atoms with Crippen molar-refractivity contribution in [3.05, 3.63) is 29.8 Å². The van der Waals surface area contributed by atoms with Crippen molar-refractivity contribution in [2.45, 2.75) is 30.6 Å². The summed E-state index contributed by atoms with van der Waals surface area (Å²) in [6, 6.07) is 5.54. The lowest BCUT2D eigenvalue weighted by molar-refractivity contribution is -0.252. The van der Waals surface area contributed by atoms with Gasteiger partial charge in [0.1, 0.15) is 24.4 Å². The van der Waals surface area contributed by atoms with Gasteiger partial charge in [-0.3, -0.25) is 4.79 Å². The van der Waals surface area contributed by atoms with Gasteiger partial charge in [0, 0.05) is 25.3 Å². The number of hydrogen-bond donors (Lipinski definition) is 5. The van der Waals surface area contributed by atoms with Crippen LogP contribution in [0, 0.1) is 0 Å². The number of rotatable bonds is 4. The average Bonchev–Trinajstić information content (AvgIpc) is 2.54. The van der Waals surface area contributed by atoms with Crippen LogP contribution in [0.15, 0.2) is 24.3 Å². The van der Waals surface area contributed by atoms with E-state index in [0.717, 1.165) is 5.69 Å². The van der Waals surface area contributed by atoms with Crippen molar-refractivity contribution in [3.8, 4) is 0 Å². The van der Waals surface area contributed by atoms with Gasteiger partial charge in [-0.1, -0.05) is 0 Å². The van der Waals surface area contributed by atoms with E-state index in [2.05, 4.69) is 5.32 Å². The summed E-state index contributed by atoms with van der Waals surface area (Å²) in [5, 5.41) is 41.1. The molecule has 1 unspecified atom stereocenters. The molecule has 1 aromatic rings. The van der Waals surface area contributed by atoms with Crippen LogP contribution in [-0.2, 0) is 4.74 Å². The molecule has 8 nitrogen and oxygen atoms in total. The van der Waals surface area contributed by atoms with Gasteiger partial charge in [-0.05, 0) is 24.3 Å². The van der Waals surface area contributed by atoms with Crippen LogP contribution in [0.1, 0.15) is 10.4 Å². The molecule has 0 aromatic heterocycles. The third kappa shape index (κ3) is 3.80. The second-order valence-electron chi connectivity index (χ2n) is 5.67. The van der Waals surface area contributed by atoms with E-state index in [-0.39, 0.29) is 0 Å². The quantitative estimate of drug-likeness (QED) is 0.446. The molecule has 0 bridgehead atoms. The predicted molar refractivity (Wildman–Crippen MR) is 82.0 cm³/mol. The van der Waals surface area contributed by atoms with Gasteiger partial charge < -0.3 is 35.4 Å². The number of anilines is 1. The summed E-state index contributed by atoms with van der Waals surface area (Å²) in [4.78, 5) is 14.1. The topological polar surface area (TPSA) is 122 Å². The maximum atomic E-state index is 12.2. The van der Waals surface area contributed by atoms with Gasteiger partial charge in [-0.25, -0.2) is 0 Å². The van der Waals surface area contributed by atoms with Crippen LogP contribution in [-0.4, -0.2) is 77.7 Å². The Morgan fingerprint density at radius 3 is 2.30 bits per heavy atom. The van der Waals surface area contributed by atoms with Gasteiger partial charge >= 0.3 is 0 Å². The first-order valence-electron chi connectivity index (χ1n) is 7.24. The van der Waals surface area contributed by atoms with Gasteiger partial charge in [0.2, 0.25) is 0 Å². The van der Waals surface area contributed by atoms with Crippen molar-refractivity contribution in [1.82, 2.24) is 5.32 Å². The highest BCUT2D eigenvalue weighted by Crippen LogP contribution is 2.20. The Hall–Kier alpha value is -1.71.